The van der Waals surface area contributed by atoms with Crippen molar-refractivity contribution in [2.75, 3.05) is 0 Å². The zero-order valence-corrected chi connectivity index (χ0v) is 15.0. The minimum atomic E-state index is -0.292. The maximum atomic E-state index is 12.4. The second kappa shape index (κ2) is 8.71. The first-order valence-electron chi connectivity index (χ1n) is 8.58. The van der Waals surface area contributed by atoms with Gasteiger partial charge >= 0.3 is 0 Å². The molecule has 0 atom stereocenters. The number of nitrogens with one attached hydrogen (secondary N) is 2. The Labute approximate surface area is 157 Å². The Balaban J connectivity index is 1.60. The van der Waals surface area contributed by atoms with Crippen molar-refractivity contribution in [1.82, 2.24) is 20.6 Å². The summed E-state index contributed by atoms with van der Waals surface area (Å²) in [5, 5.41) is 5.64. The molecular weight excluding hydrogens is 340 g/mol. The third kappa shape index (κ3) is 5.22. The molecule has 3 rings (SSSR count). The molecule has 0 radical (unpaired) electrons. The van der Waals surface area contributed by atoms with Crippen molar-refractivity contribution in [3.8, 4) is 0 Å². The van der Waals surface area contributed by atoms with Crippen LogP contribution in [-0.4, -0.2) is 21.8 Å². The SMILES string of the molecule is Cc1cccc(CNC(=O)c2cncc(C(=O)NCc3cccnc3)c2)c1. The smallest absolute Gasteiger partial charge is 0.253 e. The highest BCUT2D eigenvalue weighted by molar-refractivity contribution is 5.99. The van der Waals surface area contributed by atoms with Gasteiger partial charge in [0, 0.05) is 37.9 Å². The van der Waals surface area contributed by atoms with Crippen molar-refractivity contribution in [2.45, 2.75) is 20.0 Å². The zero-order valence-electron chi connectivity index (χ0n) is 15.0. The number of hydrogen-bond donors (Lipinski definition) is 2. The van der Waals surface area contributed by atoms with Crippen molar-refractivity contribution in [2.24, 2.45) is 0 Å². The number of hydrogen-bond acceptors (Lipinski definition) is 4. The molecule has 0 saturated heterocycles. The fraction of sp³-hybridized carbons (Fsp3) is 0.143. The molecule has 2 N–H and O–H groups in total. The number of rotatable bonds is 6. The predicted octanol–water partition coefficient (Wildman–Crippen LogP) is 2.65. The Bertz CT molecular complexity index is 942. The van der Waals surface area contributed by atoms with Crippen LogP contribution in [0.2, 0.25) is 0 Å². The van der Waals surface area contributed by atoms with Gasteiger partial charge in [0.2, 0.25) is 0 Å². The van der Waals surface area contributed by atoms with Crippen molar-refractivity contribution < 1.29 is 9.59 Å². The zero-order chi connectivity index (χ0) is 19.1. The van der Waals surface area contributed by atoms with Crippen LogP contribution in [0.15, 0.2) is 67.3 Å². The molecule has 2 aromatic heterocycles. The van der Waals surface area contributed by atoms with Crippen LogP contribution in [-0.2, 0) is 13.1 Å². The summed E-state index contributed by atoms with van der Waals surface area (Å²) in [5.74, 6) is -0.564. The van der Waals surface area contributed by atoms with Gasteiger partial charge in [0.1, 0.15) is 0 Å². The van der Waals surface area contributed by atoms with E-state index in [1.807, 2.05) is 43.3 Å². The maximum Gasteiger partial charge on any atom is 0.253 e. The molecule has 3 aromatic rings. The Morgan fingerprint density at radius 3 is 2.11 bits per heavy atom. The molecule has 0 aliphatic carbocycles. The van der Waals surface area contributed by atoms with Crippen LogP contribution in [0.1, 0.15) is 37.4 Å². The summed E-state index contributed by atoms with van der Waals surface area (Å²) in [5.41, 5.74) is 3.72. The second-order valence-corrected chi connectivity index (χ2v) is 6.18. The van der Waals surface area contributed by atoms with E-state index in [1.54, 1.807) is 12.4 Å². The number of benzene rings is 1. The predicted molar refractivity (Wildman–Crippen MR) is 102 cm³/mol. The maximum absolute atomic E-state index is 12.4. The molecule has 1 aromatic carbocycles. The molecular formula is C21H20N4O2. The third-order valence-electron chi connectivity index (χ3n) is 3.97. The average molecular weight is 360 g/mol. The first-order chi connectivity index (χ1) is 13.1. The van der Waals surface area contributed by atoms with Gasteiger partial charge in [-0.2, -0.15) is 0 Å². The van der Waals surface area contributed by atoms with Gasteiger partial charge in [0.05, 0.1) is 11.1 Å². The molecule has 0 bridgehead atoms. The van der Waals surface area contributed by atoms with Crippen molar-refractivity contribution in [3.05, 3.63) is 95.1 Å². The van der Waals surface area contributed by atoms with Gasteiger partial charge in [-0.15, -0.1) is 0 Å². The number of amides is 2. The number of aryl methyl sites for hydroxylation is 1. The van der Waals surface area contributed by atoms with Gasteiger partial charge < -0.3 is 10.6 Å². The van der Waals surface area contributed by atoms with Gasteiger partial charge in [0.15, 0.2) is 0 Å². The number of carbonyl (C=O) groups is 2. The molecule has 2 amide bonds. The lowest BCUT2D eigenvalue weighted by Crippen LogP contribution is -2.25. The topological polar surface area (TPSA) is 84.0 Å². The summed E-state index contributed by atoms with van der Waals surface area (Å²) in [7, 11) is 0. The van der Waals surface area contributed by atoms with E-state index in [9.17, 15) is 9.59 Å². The van der Waals surface area contributed by atoms with Crippen LogP contribution < -0.4 is 10.6 Å². The number of aromatic nitrogens is 2. The number of nitrogens with zero attached hydrogens (tertiary/aromatic N) is 2. The van der Waals surface area contributed by atoms with Gasteiger partial charge in [-0.25, -0.2) is 0 Å². The molecule has 6 nitrogen and oxygen atoms in total. The van der Waals surface area contributed by atoms with Crippen molar-refractivity contribution in [1.29, 1.82) is 0 Å². The van der Waals surface area contributed by atoms with E-state index in [4.69, 9.17) is 0 Å². The molecule has 136 valence electrons. The highest BCUT2D eigenvalue weighted by Gasteiger charge is 2.11. The monoisotopic (exact) mass is 360 g/mol. The summed E-state index contributed by atoms with van der Waals surface area (Å²) in [6.07, 6.45) is 6.25. The van der Waals surface area contributed by atoms with E-state index in [1.165, 1.54) is 18.5 Å². The first-order valence-corrected chi connectivity index (χ1v) is 8.58. The standard InChI is InChI=1S/C21H20N4O2/c1-15-4-2-5-16(8-15)11-24-20(26)18-9-19(14-23-13-18)21(27)25-12-17-6-3-7-22-10-17/h2-10,13-14H,11-12H2,1H3,(H,24,26)(H,25,27). The highest BCUT2D eigenvalue weighted by Crippen LogP contribution is 2.06. The quantitative estimate of drug-likeness (QED) is 0.708. The first kappa shape index (κ1) is 18.3. The number of pyridine rings is 2. The lowest BCUT2D eigenvalue weighted by Gasteiger charge is -2.08. The summed E-state index contributed by atoms with van der Waals surface area (Å²) >= 11 is 0. The summed E-state index contributed by atoms with van der Waals surface area (Å²) in [6.45, 7) is 2.78. The minimum Gasteiger partial charge on any atom is -0.348 e. The Morgan fingerprint density at radius 2 is 1.48 bits per heavy atom. The van der Waals surface area contributed by atoms with Crippen LogP contribution in [0.5, 0.6) is 0 Å². The van der Waals surface area contributed by atoms with Gasteiger partial charge in [-0.05, 0) is 30.2 Å². The van der Waals surface area contributed by atoms with Gasteiger partial charge in [-0.1, -0.05) is 35.9 Å². The van der Waals surface area contributed by atoms with E-state index in [0.717, 1.165) is 16.7 Å². The Hall–Kier alpha value is -3.54. The van der Waals surface area contributed by atoms with Crippen LogP contribution >= 0.6 is 0 Å². The van der Waals surface area contributed by atoms with E-state index >= 15 is 0 Å². The fourth-order valence-electron chi connectivity index (χ4n) is 2.58. The normalized spacial score (nSPS) is 10.3. The van der Waals surface area contributed by atoms with Gasteiger partial charge in [0.25, 0.3) is 11.8 Å². The molecule has 0 spiro atoms. The Kier molecular flexibility index (Phi) is 5.89. The van der Waals surface area contributed by atoms with Crippen LogP contribution in [0.25, 0.3) is 0 Å². The van der Waals surface area contributed by atoms with E-state index < -0.39 is 0 Å². The molecule has 0 aliphatic heterocycles. The molecule has 0 aliphatic rings. The van der Waals surface area contributed by atoms with Crippen LogP contribution in [0.3, 0.4) is 0 Å². The summed E-state index contributed by atoms with van der Waals surface area (Å²) in [4.78, 5) is 32.7. The number of carbonyl (C=O) groups excluding carboxylic acids is 2. The molecule has 6 heteroatoms. The van der Waals surface area contributed by atoms with Crippen molar-refractivity contribution in [3.63, 3.8) is 0 Å². The van der Waals surface area contributed by atoms with Crippen LogP contribution in [0.4, 0.5) is 0 Å². The molecule has 2 heterocycles. The molecule has 27 heavy (non-hydrogen) atoms. The summed E-state index contributed by atoms with van der Waals surface area (Å²) in [6, 6.07) is 13.1. The van der Waals surface area contributed by atoms with E-state index in [2.05, 4.69) is 20.6 Å². The van der Waals surface area contributed by atoms with E-state index in [-0.39, 0.29) is 11.8 Å². The Morgan fingerprint density at radius 1 is 0.815 bits per heavy atom. The minimum absolute atomic E-state index is 0.272. The average Bonchev–Trinajstić information content (AvgIpc) is 2.71. The lowest BCUT2D eigenvalue weighted by atomic mass is 10.1. The highest BCUT2D eigenvalue weighted by atomic mass is 16.2. The van der Waals surface area contributed by atoms with E-state index in [0.29, 0.717) is 24.2 Å². The third-order valence-corrected chi connectivity index (χ3v) is 3.97. The lowest BCUT2D eigenvalue weighted by molar-refractivity contribution is 0.0950. The van der Waals surface area contributed by atoms with Gasteiger partial charge in [-0.3, -0.25) is 19.6 Å². The largest absolute Gasteiger partial charge is 0.348 e. The van der Waals surface area contributed by atoms with Crippen molar-refractivity contribution >= 4 is 11.8 Å². The molecule has 0 saturated carbocycles. The molecule has 0 unspecified atom stereocenters. The molecule has 0 fully saturated rings. The fourth-order valence-corrected chi connectivity index (χ4v) is 2.58. The van der Waals surface area contributed by atoms with Crippen LogP contribution in [0, 0.1) is 6.92 Å². The summed E-state index contributed by atoms with van der Waals surface area (Å²) < 4.78 is 0. The second-order valence-electron chi connectivity index (χ2n) is 6.18.